The molecule has 2 aromatic carbocycles. The molecule has 1 unspecified atom stereocenters. The molecule has 1 aromatic heterocycles. The highest BCUT2D eigenvalue weighted by Crippen LogP contribution is 2.52. The Labute approximate surface area is 173 Å². The number of nitrogens with zero attached hydrogens (tertiary/aromatic N) is 3. The number of amides is 1. The summed E-state index contributed by atoms with van der Waals surface area (Å²) in [6, 6.07) is 19.3. The van der Waals surface area contributed by atoms with Crippen LogP contribution in [0.5, 0.6) is 0 Å². The first-order valence-electron chi connectivity index (χ1n) is 9.56. The smallest absolute Gasteiger partial charge is 0.266 e. The number of carbonyl (C=O) groups is 1. The van der Waals surface area contributed by atoms with Crippen LogP contribution in [0.3, 0.4) is 0 Å². The number of guanidine groups is 1. The number of pyridine rings is 1. The molecule has 0 saturated heterocycles. The summed E-state index contributed by atoms with van der Waals surface area (Å²) in [6.07, 6.45) is 5.20. The highest BCUT2D eigenvalue weighted by molar-refractivity contribution is 6.30. The number of hydrogen-bond donors (Lipinski definition) is 1. The molecule has 2 aliphatic rings. The average Bonchev–Trinajstić information content (AvgIpc) is 3.55. The number of benzene rings is 2. The van der Waals surface area contributed by atoms with E-state index in [9.17, 15) is 4.79 Å². The van der Waals surface area contributed by atoms with Gasteiger partial charge in [0, 0.05) is 11.2 Å². The highest BCUT2D eigenvalue weighted by Gasteiger charge is 2.58. The Morgan fingerprint density at radius 3 is 2.48 bits per heavy atom. The highest BCUT2D eigenvalue weighted by atomic mass is 35.5. The topological polar surface area (TPSA) is 71.6 Å². The maximum atomic E-state index is 13.7. The summed E-state index contributed by atoms with van der Waals surface area (Å²) in [7, 11) is 0. The quantitative estimate of drug-likeness (QED) is 0.704. The molecule has 2 heterocycles. The van der Waals surface area contributed by atoms with Crippen LogP contribution < -0.4 is 10.6 Å². The minimum absolute atomic E-state index is 0.117. The van der Waals surface area contributed by atoms with Crippen molar-refractivity contribution < 1.29 is 4.79 Å². The van der Waals surface area contributed by atoms with Crippen molar-refractivity contribution in [2.75, 3.05) is 4.90 Å². The Kier molecular flexibility index (Phi) is 4.14. The third-order valence-electron chi connectivity index (χ3n) is 5.58. The van der Waals surface area contributed by atoms with Gasteiger partial charge in [-0.1, -0.05) is 41.9 Å². The molecule has 1 saturated carbocycles. The molecular weight excluding hydrogens is 384 g/mol. The molecule has 29 heavy (non-hydrogen) atoms. The fourth-order valence-corrected chi connectivity index (χ4v) is 4.27. The minimum Gasteiger partial charge on any atom is -0.369 e. The van der Waals surface area contributed by atoms with Crippen LogP contribution in [-0.2, 0) is 10.3 Å². The summed E-state index contributed by atoms with van der Waals surface area (Å²) in [5.74, 6) is 0.238. The number of rotatable bonds is 4. The summed E-state index contributed by atoms with van der Waals surface area (Å²) in [4.78, 5) is 24.1. The van der Waals surface area contributed by atoms with Crippen LogP contribution in [0, 0.1) is 5.92 Å². The van der Waals surface area contributed by atoms with Crippen LogP contribution in [0.2, 0.25) is 5.02 Å². The van der Waals surface area contributed by atoms with Crippen molar-refractivity contribution in [3.05, 3.63) is 83.6 Å². The number of nitrogens with two attached hydrogens (primary N) is 1. The molecule has 1 amide bonds. The number of aliphatic imine (C=N–C) groups is 1. The van der Waals surface area contributed by atoms with Gasteiger partial charge < -0.3 is 5.73 Å². The zero-order valence-corrected chi connectivity index (χ0v) is 16.4. The van der Waals surface area contributed by atoms with E-state index >= 15 is 0 Å². The lowest BCUT2D eigenvalue weighted by atomic mass is 9.83. The summed E-state index contributed by atoms with van der Waals surface area (Å²) >= 11 is 6.17. The van der Waals surface area contributed by atoms with E-state index < -0.39 is 5.54 Å². The van der Waals surface area contributed by atoms with Crippen molar-refractivity contribution in [3.8, 4) is 11.1 Å². The Hall–Kier alpha value is -3.18. The molecule has 5 rings (SSSR count). The fraction of sp³-hybridized carbons (Fsp3) is 0.174. The van der Waals surface area contributed by atoms with Crippen LogP contribution in [-0.4, -0.2) is 16.9 Å². The number of anilines is 1. The largest absolute Gasteiger partial charge is 0.369 e. The maximum absolute atomic E-state index is 13.7. The first-order valence-corrected chi connectivity index (χ1v) is 9.94. The van der Waals surface area contributed by atoms with E-state index in [1.54, 1.807) is 18.5 Å². The van der Waals surface area contributed by atoms with Crippen molar-refractivity contribution in [1.29, 1.82) is 0 Å². The van der Waals surface area contributed by atoms with E-state index in [0.29, 0.717) is 10.7 Å². The second-order valence-electron chi connectivity index (χ2n) is 7.45. The Balaban J connectivity index is 1.62. The van der Waals surface area contributed by atoms with Gasteiger partial charge in [0.1, 0.15) is 0 Å². The lowest BCUT2D eigenvalue weighted by Gasteiger charge is -2.27. The van der Waals surface area contributed by atoms with Gasteiger partial charge in [-0.3, -0.25) is 9.78 Å². The lowest BCUT2D eigenvalue weighted by molar-refractivity contribution is -0.122. The van der Waals surface area contributed by atoms with Crippen molar-refractivity contribution >= 4 is 29.2 Å². The normalized spacial score (nSPS) is 21.3. The lowest BCUT2D eigenvalue weighted by Crippen LogP contribution is -2.44. The molecule has 1 aliphatic carbocycles. The molecule has 144 valence electrons. The van der Waals surface area contributed by atoms with E-state index in [0.717, 1.165) is 29.5 Å². The van der Waals surface area contributed by atoms with E-state index in [1.807, 2.05) is 54.6 Å². The van der Waals surface area contributed by atoms with Crippen LogP contribution in [0.4, 0.5) is 5.69 Å². The number of hydrogen-bond acceptors (Lipinski definition) is 4. The molecule has 1 atom stereocenters. The van der Waals surface area contributed by atoms with Gasteiger partial charge in [0.15, 0.2) is 5.54 Å². The first-order chi connectivity index (χ1) is 14.1. The van der Waals surface area contributed by atoms with Gasteiger partial charge in [0.25, 0.3) is 5.91 Å². The van der Waals surface area contributed by atoms with E-state index in [-0.39, 0.29) is 17.8 Å². The zero-order chi connectivity index (χ0) is 20.0. The van der Waals surface area contributed by atoms with Crippen LogP contribution >= 0.6 is 11.6 Å². The molecule has 3 aromatic rings. The summed E-state index contributed by atoms with van der Waals surface area (Å²) in [5, 5.41) is 0.673. The van der Waals surface area contributed by atoms with Gasteiger partial charge in [0.2, 0.25) is 5.96 Å². The third-order valence-corrected chi connectivity index (χ3v) is 5.82. The van der Waals surface area contributed by atoms with Crippen molar-refractivity contribution in [2.24, 2.45) is 16.6 Å². The molecule has 6 heteroatoms. The summed E-state index contributed by atoms with van der Waals surface area (Å²) in [5.41, 5.74) is 8.75. The zero-order valence-electron chi connectivity index (χ0n) is 15.6. The van der Waals surface area contributed by atoms with Crippen LogP contribution in [0.25, 0.3) is 11.1 Å². The Bertz CT molecular complexity index is 1130. The number of halogens is 1. The second kappa shape index (κ2) is 6.71. The first kappa shape index (κ1) is 17.9. The monoisotopic (exact) mass is 402 g/mol. The van der Waals surface area contributed by atoms with Gasteiger partial charge in [-0.25, -0.2) is 9.89 Å². The third kappa shape index (κ3) is 2.89. The molecule has 5 nitrogen and oxygen atoms in total. The predicted octanol–water partition coefficient (Wildman–Crippen LogP) is 4.37. The standard InChI is InChI=1S/C23H19ClN4O/c24-19-7-2-5-16(13-19)15-4-1-6-18(12-15)23(17-9-10-17)21(29)28(22(25)27-23)20-8-3-11-26-14-20/h1-8,11-14,17H,9-10H2,(H2,25,27). The molecule has 1 fully saturated rings. The van der Waals surface area contributed by atoms with Crippen molar-refractivity contribution in [1.82, 2.24) is 4.98 Å². The van der Waals surface area contributed by atoms with Crippen LogP contribution in [0.15, 0.2) is 78.0 Å². The Morgan fingerprint density at radius 1 is 1.03 bits per heavy atom. The molecule has 0 bridgehead atoms. The number of carbonyl (C=O) groups excluding carboxylic acids is 1. The maximum Gasteiger partial charge on any atom is 0.266 e. The average molecular weight is 403 g/mol. The van der Waals surface area contributed by atoms with Gasteiger partial charge in [-0.05, 0) is 65.8 Å². The van der Waals surface area contributed by atoms with Gasteiger partial charge in [0.05, 0.1) is 11.9 Å². The van der Waals surface area contributed by atoms with Gasteiger partial charge in [-0.2, -0.15) is 0 Å². The molecule has 0 spiro atoms. The molecular formula is C23H19ClN4O. The molecule has 1 aliphatic heterocycles. The number of aromatic nitrogens is 1. The Morgan fingerprint density at radius 2 is 1.79 bits per heavy atom. The van der Waals surface area contributed by atoms with E-state index in [2.05, 4.69) is 4.98 Å². The summed E-state index contributed by atoms with van der Waals surface area (Å²) in [6.45, 7) is 0. The summed E-state index contributed by atoms with van der Waals surface area (Å²) < 4.78 is 0. The SMILES string of the molecule is NC1=NC(c2cccc(-c3cccc(Cl)c3)c2)(C2CC2)C(=O)N1c1cccnc1. The van der Waals surface area contributed by atoms with Crippen molar-refractivity contribution in [2.45, 2.75) is 18.4 Å². The second-order valence-corrected chi connectivity index (χ2v) is 7.89. The minimum atomic E-state index is -0.992. The fourth-order valence-electron chi connectivity index (χ4n) is 4.08. The van der Waals surface area contributed by atoms with Gasteiger partial charge >= 0.3 is 0 Å². The van der Waals surface area contributed by atoms with Crippen LogP contribution in [0.1, 0.15) is 18.4 Å². The van der Waals surface area contributed by atoms with Crippen molar-refractivity contribution in [3.63, 3.8) is 0 Å². The van der Waals surface area contributed by atoms with Gasteiger partial charge in [-0.15, -0.1) is 0 Å². The molecule has 2 N–H and O–H groups in total. The predicted molar refractivity (Wildman–Crippen MR) is 115 cm³/mol. The van der Waals surface area contributed by atoms with E-state index in [1.165, 1.54) is 4.90 Å². The van der Waals surface area contributed by atoms with E-state index in [4.69, 9.17) is 22.3 Å². The molecule has 0 radical (unpaired) electrons.